The molecule has 98 valence electrons. The van der Waals surface area contributed by atoms with Crippen LogP contribution in [0, 0.1) is 5.92 Å². The van der Waals surface area contributed by atoms with Gasteiger partial charge in [-0.05, 0) is 31.0 Å². The molecule has 0 atom stereocenters. The van der Waals surface area contributed by atoms with Gasteiger partial charge in [-0.3, -0.25) is 4.79 Å². The van der Waals surface area contributed by atoms with Crippen LogP contribution in [0.15, 0.2) is 18.2 Å². The van der Waals surface area contributed by atoms with Gasteiger partial charge in [0.25, 0.3) is 0 Å². The molecule has 0 spiro atoms. The molecule has 0 aliphatic carbocycles. The van der Waals surface area contributed by atoms with E-state index in [9.17, 15) is 14.7 Å². The molecule has 1 aromatic rings. The van der Waals surface area contributed by atoms with E-state index in [0.29, 0.717) is 17.9 Å². The van der Waals surface area contributed by atoms with Gasteiger partial charge in [0, 0.05) is 16.5 Å². The molecule has 1 N–H and O–H groups in total. The molecule has 0 aliphatic rings. The van der Waals surface area contributed by atoms with E-state index in [-0.39, 0.29) is 23.1 Å². The van der Waals surface area contributed by atoms with Crippen LogP contribution < -0.4 is 10.4 Å². The Morgan fingerprint density at radius 2 is 1.94 bits per heavy atom. The molecule has 0 saturated carbocycles. The molecule has 0 fully saturated rings. The van der Waals surface area contributed by atoms with Crippen molar-refractivity contribution in [2.45, 2.75) is 26.7 Å². The lowest BCUT2D eigenvalue weighted by molar-refractivity contribution is -0.254. The maximum atomic E-state index is 11.9. The van der Waals surface area contributed by atoms with E-state index in [4.69, 9.17) is 11.6 Å². The highest BCUT2D eigenvalue weighted by atomic mass is 35.5. The van der Waals surface area contributed by atoms with Crippen LogP contribution >= 0.6 is 11.6 Å². The highest BCUT2D eigenvalue weighted by Crippen LogP contribution is 2.22. The number of halogens is 1. The fourth-order valence-corrected chi connectivity index (χ4v) is 1.86. The second-order valence-electron chi connectivity index (χ2n) is 3.98. The van der Waals surface area contributed by atoms with E-state index < -0.39 is 5.97 Å². The molecular formula is C13H15ClNO3-. The minimum atomic E-state index is -1.34. The fraction of sp³-hybridized carbons (Fsp3) is 0.385. The minimum Gasteiger partial charge on any atom is -0.545 e. The Labute approximate surface area is 111 Å². The van der Waals surface area contributed by atoms with E-state index in [1.54, 1.807) is 0 Å². The third-order valence-electron chi connectivity index (χ3n) is 2.82. The van der Waals surface area contributed by atoms with Crippen LogP contribution in [0.2, 0.25) is 5.02 Å². The normalized spacial score (nSPS) is 10.4. The van der Waals surface area contributed by atoms with Crippen LogP contribution in [0.25, 0.3) is 0 Å². The smallest absolute Gasteiger partial charge is 0.227 e. The first kappa shape index (κ1) is 14.5. The summed E-state index contributed by atoms with van der Waals surface area (Å²) in [6.45, 7) is 3.82. The Morgan fingerprint density at radius 1 is 1.33 bits per heavy atom. The largest absolute Gasteiger partial charge is 0.545 e. The van der Waals surface area contributed by atoms with Crippen molar-refractivity contribution in [2.24, 2.45) is 5.92 Å². The number of carboxylic acid groups (broad SMARTS) is 1. The Hall–Kier alpha value is -1.55. The quantitative estimate of drug-likeness (QED) is 0.889. The van der Waals surface area contributed by atoms with Crippen molar-refractivity contribution in [3.05, 3.63) is 28.8 Å². The van der Waals surface area contributed by atoms with E-state index in [0.717, 1.165) is 0 Å². The number of nitrogens with one attached hydrogen (secondary N) is 1. The molecule has 4 nitrogen and oxygen atoms in total. The number of carbonyl (C=O) groups is 2. The van der Waals surface area contributed by atoms with Crippen LogP contribution in [0.3, 0.4) is 0 Å². The number of carbonyl (C=O) groups excluding carboxylic acids is 2. The Balaban J connectivity index is 2.99. The summed E-state index contributed by atoms with van der Waals surface area (Å²) in [6.07, 6.45) is 1.40. The van der Waals surface area contributed by atoms with Gasteiger partial charge in [-0.1, -0.05) is 25.4 Å². The highest BCUT2D eigenvalue weighted by Gasteiger charge is 2.16. The number of rotatable bonds is 5. The van der Waals surface area contributed by atoms with E-state index in [1.165, 1.54) is 18.2 Å². The number of hydrogen-bond acceptors (Lipinski definition) is 3. The third-order valence-corrected chi connectivity index (χ3v) is 3.05. The molecule has 5 heteroatoms. The van der Waals surface area contributed by atoms with Crippen LogP contribution in [-0.4, -0.2) is 11.9 Å². The molecule has 0 aliphatic heterocycles. The second-order valence-corrected chi connectivity index (χ2v) is 4.42. The maximum Gasteiger partial charge on any atom is 0.227 e. The molecule has 1 aromatic carbocycles. The van der Waals surface area contributed by atoms with Gasteiger partial charge in [-0.2, -0.15) is 0 Å². The number of benzene rings is 1. The summed E-state index contributed by atoms with van der Waals surface area (Å²) in [7, 11) is 0. The lowest BCUT2D eigenvalue weighted by Crippen LogP contribution is -2.27. The van der Waals surface area contributed by atoms with Crippen molar-refractivity contribution >= 4 is 29.2 Å². The molecule has 18 heavy (non-hydrogen) atoms. The van der Waals surface area contributed by atoms with Crippen molar-refractivity contribution in [2.75, 3.05) is 5.32 Å². The van der Waals surface area contributed by atoms with Gasteiger partial charge in [-0.15, -0.1) is 0 Å². The topological polar surface area (TPSA) is 69.2 Å². The summed E-state index contributed by atoms with van der Waals surface area (Å²) in [5, 5.41) is 13.9. The summed E-state index contributed by atoms with van der Waals surface area (Å²) in [5.41, 5.74) is 0.109. The molecule has 0 radical (unpaired) electrons. The van der Waals surface area contributed by atoms with E-state index in [2.05, 4.69) is 5.32 Å². The first-order chi connectivity index (χ1) is 8.49. The first-order valence-corrected chi connectivity index (χ1v) is 6.19. The Bertz CT molecular complexity index is 456. The van der Waals surface area contributed by atoms with Gasteiger partial charge in [0.05, 0.1) is 11.7 Å². The summed E-state index contributed by atoms with van der Waals surface area (Å²) in [4.78, 5) is 22.8. The standard InChI is InChI=1S/C13H16ClNO3/c1-3-8(4-2)12(16)15-11-7-9(14)5-6-10(11)13(17)18/h5-8H,3-4H2,1-2H3,(H,15,16)(H,17,18)/p-1. The average Bonchev–Trinajstić information content (AvgIpc) is 2.30. The van der Waals surface area contributed by atoms with Crippen molar-refractivity contribution in [3.8, 4) is 0 Å². The molecule has 1 amide bonds. The van der Waals surface area contributed by atoms with Crippen LogP contribution in [0.4, 0.5) is 5.69 Å². The maximum absolute atomic E-state index is 11.9. The predicted molar refractivity (Wildman–Crippen MR) is 68.5 cm³/mol. The number of carboxylic acids is 1. The minimum absolute atomic E-state index is 0.0706. The van der Waals surface area contributed by atoms with Crippen molar-refractivity contribution < 1.29 is 14.7 Å². The van der Waals surface area contributed by atoms with Gasteiger partial charge in [0.1, 0.15) is 0 Å². The summed E-state index contributed by atoms with van der Waals surface area (Å²) >= 11 is 5.79. The lowest BCUT2D eigenvalue weighted by atomic mass is 10.0. The Morgan fingerprint density at radius 3 is 2.44 bits per heavy atom. The van der Waals surface area contributed by atoms with Crippen molar-refractivity contribution in [1.82, 2.24) is 0 Å². The number of aromatic carboxylic acids is 1. The molecular weight excluding hydrogens is 254 g/mol. The zero-order valence-corrected chi connectivity index (χ0v) is 11.1. The second kappa shape index (κ2) is 6.40. The molecule has 1 rings (SSSR count). The summed E-state index contributed by atoms with van der Waals surface area (Å²) in [6, 6.07) is 4.17. The number of amides is 1. The van der Waals surface area contributed by atoms with Gasteiger partial charge in [0.2, 0.25) is 5.91 Å². The zero-order valence-electron chi connectivity index (χ0n) is 10.3. The fourth-order valence-electron chi connectivity index (χ4n) is 1.69. The molecule has 0 heterocycles. The van der Waals surface area contributed by atoms with Gasteiger partial charge in [-0.25, -0.2) is 0 Å². The van der Waals surface area contributed by atoms with E-state index >= 15 is 0 Å². The van der Waals surface area contributed by atoms with Gasteiger partial charge < -0.3 is 15.2 Å². The third kappa shape index (κ3) is 3.47. The van der Waals surface area contributed by atoms with Gasteiger partial charge in [0.15, 0.2) is 0 Å². The number of anilines is 1. The molecule has 0 unspecified atom stereocenters. The molecule has 0 aromatic heterocycles. The monoisotopic (exact) mass is 268 g/mol. The zero-order chi connectivity index (χ0) is 13.7. The van der Waals surface area contributed by atoms with Crippen LogP contribution in [-0.2, 0) is 4.79 Å². The Kier molecular flexibility index (Phi) is 5.16. The van der Waals surface area contributed by atoms with Crippen molar-refractivity contribution in [3.63, 3.8) is 0 Å². The first-order valence-electron chi connectivity index (χ1n) is 5.81. The number of hydrogen-bond donors (Lipinski definition) is 1. The summed E-state index contributed by atoms with van der Waals surface area (Å²) in [5.74, 6) is -1.69. The SMILES string of the molecule is CCC(CC)C(=O)Nc1cc(Cl)ccc1C(=O)[O-]. The molecule has 0 bridgehead atoms. The summed E-state index contributed by atoms with van der Waals surface area (Å²) < 4.78 is 0. The van der Waals surface area contributed by atoms with Crippen molar-refractivity contribution in [1.29, 1.82) is 0 Å². The predicted octanol–water partition coefficient (Wildman–Crippen LogP) is 2.08. The molecule has 0 saturated heterocycles. The lowest BCUT2D eigenvalue weighted by Gasteiger charge is -2.16. The van der Waals surface area contributed by atoms with Crippen LogP contribution in [0.5, 0.6) is 0 Å². The van der Waals surface area contributed by atoms with Crippen LogP contribution in [0.1, 0.15) is 37.0 Å². The van der Waals surface area contributed by atoms with Gasteiger partial charge >= 0.3 is 0 Å². The van der Waals surface area contributed by atoms with E-state index in [1.807, 2.05) is 13.8 Å². The average molecular weight is 269 g/mol. The highest BCUT2D eigenvalue weighted by molar-refractivity contribution is 6.31.